The summed E-state index contributed by atoms with van der Waals surface area (Å²) in [6.07, 6.45) is 2.62. The molecule has 0 aliphatic carbocycles. The third-order valence-corrected chi connectivity index (χ3v) is 0.192. The number of hydrogen-bond donors (Lipinski definition) is 0. The predicted molar refractivity (Wildman–Crippen MR) is 32.3 cm³/mol. The Hall–Kier alpha value is 0.120. The maximum Gasteiger partial charge on any atom is 1.00 e. The molecule has 0 aromatic carbocycles. The van der Waals surface area contributed by atoms with Crippen LogP contribution in [0.3, 0.4) is 0 Å². The molecule has 0 radical (unpaired) electrons. The van der Waals surface area contributed by atoms with E-state index in [-0.39, 0.29) is 29.6 Å². The first-order valence-corrected chi connectivity index (χ1v) is 3.25. The SMILES string of the molecule is C=COC=C.O=S(=O)([O-])F.[Na+]. The average molecular weight is 192 g/mol. The van der Waals surface area contributed by atoms with Crippen LogP contribution in [0.5, 0.6) is 0 Å². The molecule has 0 spiro atoms. The molecule has 0 saturated heterocycles. The summed E-state index contributed by atoms with van der Waals surface area (Å²) in [5.74, 6) is 0. The van der Waals surface area contributed by atoms with Crippen LogP contribution in [-0.4, -0.2) is 13.0 Å². The van der Waals surface area contributed by atoms with Gasteiger partial charge in [0.15, 0.2) is 0 Å². The van der Waals surface area contributed by atoms with Gasteiger partial charge in [-0.15, -0.1) is 3.89 Å². The van der Waals surface area contributed by atoms with Gasteiger partial charge in [-0.3, -0.25) is 0 Å². The van der Waals surface area contributed by atoms with Crippen molar-refractivity contribution in [3.63, 3.8) is 0 Å². The van der Waals surface area contributed by atoms with Crippen molar-refractivity contribution in [2.75, 3.05) is 0 Å². The van der Waals surface area contributed by atoms with Crippen LogP contribution < -0.4 is 29.6 Å². The Morgan fingerprint density at radius 3 is 1.55 bits per heavy atom. The molecule has 0 N–H and O–H groups in total. The van der Waals surface area contributed by atoms with Crippen LogP contribution in [-0.2, 0) is 15.2 Å². The standard InChI is InChI=1S/C4H6O.FHO3S.Na/c1-3-5-4-2;1-5(2,3)4;/h3-4H,1-2H2;(H,2,3,4);/q;;+1/p-1. The van der Waals surface area contributed by atoms with Crippen molar-refractivity contribution in [1.82, 2.24) is 0 Å². The summed E-state index contributed by atoms with van der Waals surface area (Å²) in [6, 6.07) is 0. The topological polar surface area (TPSA) is 66.4 Å². The maximum absolute atomic E-state index is 10.1. The van der Waals surface area contributed by atoms with Crippen molar-refractivity contribution in [1.29, 1.82) is 0 Å². The number of rotatable bonds is 2. The molecular formula is C4H6FNaO4S. The van der Waals surface area contributed by atoms with Crippen LogP contribution >= 0.6 is 0 Å². The second-order valence-electron chi connectivity index (χ2n) is 0.863. The third-order valence-electron chi connectivity index (χ3n) is 0.192. The van der Waals surface area contributed by atoms with Gasteiger partial charge in [0.05, 0.1) is 12.5 Å². The first-order valence-electron chi connectivity index (χ1n) is 1.94. The van der Waals surface area contributed by atoms with Crippen LogP contribution in [0.1, 0.15) is 0 Å². The Morgan fingerprint density at radius 2 is 1.55 bits per heavy atom. The molecule has 0 saturated carbocycles. The molecule has 0 rings (SSSR count). The Bertz CT molecular complexity index is 174. The second-order valence-corrected chi connectivity index (χ2v) is 1.65. The van der Waals surface area contributed by atoms with E-state index in [1.807, 2.05) is 0 Å². The number of hydrogen-bond acceptors (Lipinski definition) is 4. The van der Waals surface area contributed by atoms with Gasteiger partial charge in [0.25, 0.3) is 10.5 Å². The Balaban J connectivity index is -0.000000107. The summed E-state index contributed by atoms with van der Waals surface area (Å²) in [7, 11) is -5.42. The number of halogens is 1. The second kappa shape index (κ2) is 10.1. The van der Waals surface area contributed by atoms with E-state index in [4.69, 9.17) is 13.0 Å². The van der Waals surface area contributed by atoms with Gasteiger partial charge in [0, 0.05) is 0 Å². The van der Waals surface area contributed by atoms with Gasteiger partial charge >= 0.3 is 29.6 Å². The van der Waals surface area contributed by atoms with Gasteiger partial charge in [-0.25, -0.2) is 8.42 Å². The molecule has 0 unspecified atom stereocenters. The van der Waals surface area contributed by atoms with Gasteiger partial charge in [0.1, 0.15) is 0 Å². The van der Waals surface area contributed by atoms with Crippen molar-refractivity contribution in [3.05, 3.63) is 25.7 Å². The van der Waals surface area contributed by atoms with E-state index < -0.39 is 10.5 Å². The minimum absolute atomic E-state index is 0. The molecule has 0 aromatic rings. The van der Waals surface area contributed by atoms with E-state index >= 15 is 0 Å². The maximum atomic E-state index is 10.1. The zero-order valence-electron chi connectivity index (χ0n) is 5.99. The fraction of sp³-hybridized carbons (Fsp3) is 0. The first-order chi connectivity index (χ1) is 4.41. The van der Waals surface area contributed by atoms with E-state index in [1.165, 1.54) is 12.5 Å². The monoisotopic (exact) mass is 192 g/mol. The van der Waals surface area contributed by atoms with Crippen molar-refractivity contribution in [3.8, 4) is 0 Å². The minimum atomic E-state index is -5.42. The van der Waals surface area contributed by atoms with Crippen LogP contribution in [0.15, 0.2) is 25.7 Å². The molecule has 7 heteroatoms. The Kier molecular flexibility index (Phi) is 15.9. The molecule has 0 aliphatic rings. The smallest absolute Gasteiger partial charge is 0.722 e. The largest absolute Gasteiger partial charge is 1.00 e. The average Bonchev–Trinajstić information content (AvgIpc) is 1.63. The zero-order valence-corrected chi connectivity index (χ0v) is 8.80. The fourth-order valence-corrected chi connectivity index (χ4v) is 0.0680. The van der Waals surface area contributed by atoms with Crippen molar-refractivity contribution in [2.24, 2.45) is 0 Å². The van der Waals surface area contributed by atoms with Crippen molar-refractivity contribution in [2.45, 2.75) is 0 Å². The van der Waals surface area contributed by atoms with Crippen LogP contribution in [0, 0.1) is 0 Å². The molecule has 4 nitrogen and oxygen atoms in total. The van der Waals surface area contributed by atoms with E-state index in [1.54, 1.807) is 0 Å². The van der Waals surface area contributed by atoms with E-state index in [9.17, 15) is 3.89 Å². The van der Waals surface area contributed by atoms with Gasteiger partial charge in [0.2, 0.25) is 0 Å². The Labute approximate surface area is 87.1 Å². The summed E-state index contributed by atoms with van der Waals surface area (Å²) in [5, 5.41) is 0. The molecule has 0 amide bonds. The van der Waals surface area contributed by atoms with Gasteiger partial charge < -0.3 is 9.29 Å². The first kappa shape index (κ1) is 17.3. The molecular weight excluding hydrogens is 186 g/mol. The van der Waals surface area contributed by atoms with Crippen molar-refractivity contribution < 1.29 is 51.2 Å². The third kappa shape index (κ3) is 148. The molecule has 11 heavy (non-hydrogen) atoms. The quantitative estimate of drug-likeness (QED) is 0.214. The van der Waals surface area contributed by atoms with Gasteiger partial charge in [-0.05, 0) is 0 Å². The summed E-state index contributed by atoms with van der Waals surface area (Å²) in [5.41, 5.74) is 0. The zero-order chi connectivity index (χ0) is 8.62. The molecule has 0 aliphatic heterocycles. The number of ether oxygens (including phenoxy) is 1. The molecule has 0 bridgehead atoms. The van der Waals surface area contributed by atoms with Crippen LogP contribution in [0.4, 0.5) is 3.89 Å². The fourth-order valence-electron chi connectivity index (χ4n) is 0.0680. The summed E-state index contributed by atoms with van der Waals surface area (Å²) in [6.45, 7) is 6.51. The van der Waals surface area contributed by atoms with Gasteiger partial charge in [-0.2, -0.15) is 0 Å². The summed E-state index contributed by atoms with van der Waals surface area (Å²) >= 11 is 0. The van der Waals surface area contributed by atoms with Crippen LogP contribution in [0.25, 0.3) is 0 Å². The minimum Gasteiger partial charge on any atom is -0.722 e. The summed E-state index contributed by atoms with van der Waals surface area (Å²) < 4.78 is 39.7. The normalized spacial score (nSPS) is 7.82. The molecule has 0 atom stereocenters. The Morgan fingerprint density at radius 1 is 1.36 bits per heavy atom. The molecule has 0 heterocycles. The van der Waals surface area contributed by atoms with E-state index in [0.29, 0.717) is 0 Å². The van der Waals surface area contributed by atoms with Crippen molar-refractivity contribution >= 4 is 10.5 Å². The summed E-state index contributed by atoms with van der Waals surface area (Å²) in [4.78, 5) is 0. The molecule has 0 fully saturated rings. The molecule has 60 valence electrons. The van der Waals surface area contributed by atoms with Gasteiger partial charge in [-0.1, -0.05) is 13.2 Å². The van der Waals surface area contributed by atoms with Crippen LogP contribution in [0.2, 0.25) is 0 Å². The predicted octanol–water partition coefficient (Wildman–Crippen LogP) is -2.29. The van der Waals surface area contributed by atoms with E-state index in [2.05, 4.69) is 17.9 Å². The van der Waals surface area contributed by atoms with E-state index in [0.717, 1.165) is 0 Å². The molecule has 0 aromatic heterocycles.